The van der Waals surface area contributed by atoms with Gasteiger partial charge in [0, 0.05) is 0 Å². The Morgan fingerprint density at radius 2 is 2.36 bits per heavy atom. The third-order valence-corrected chi connectivity index (χ3v) is 1.79. The summed E-state index contributed by atoms with van der Waals surface area (Å²) in [7, 11) is 0. The molecule has 0 aromatic rings. The molecule has 1 saturated heterocycles. The number of carbonyl (C=O) groups excluding carboxylic acids is 1. The maximum atomic E-state index is 10.5. The van der Waals surface area contributed by atoms with Gasteiger partial charge in [-0.2, -0.15) is 0 Å². The highest BCUT2D eigenvalue weighted by atomic mass is 16.6. The van der Waals surface area contributed by atoms with Crippen LogP contribution in [0.25, 0.3) is 0 Å². The van der Waals surface area contributed by atoms with Gasteiger partial charge in [0.05, 0.1) is 12.1 Å². The Kier molecular flexibility index (Phi) is 2.34. The molecule has 1 heterocycles. The van der Waals surface area contributed by atoms with Crippen LogP contribution in [0.2, 0.25) is 0 Å². The molecule has 1 fully saturated rings. The molecule has 1 rings (SSSR count). The standard InChI is InChI=1S/C7H13NO3/c1-4(2)6(9)5-3-11-7(10)8-5/h4-6,9H,3H2,1-2H3,(H,8,10). The zero-order chi connectivity index (χ0) is 8.43. The summed E-state index contributed by atoms with van der Waals surface area (Å²) in [6.07, 6.45) is -0.948. The Morgan fingerprint density at radius 3 is 2.73 bits per heavy atom. The minimum Gasteiger partial charge on any atom is -0.447 e. The lowest BCUT2D eigenvalue weighted by Gasteiger charge is -2.18. The summed E-state index contributed by atoms with van der Waals surface area (Å²) in [6, 6.07) is -0.234. The number of carbonyl (C=O) groups is 1. The van der Waals surface area contributed by atoms with E-state index in [2.05, 4.69) is 10.1 Å². The predicted octanol–water partition coefficient (Wildman–Crippen LogP) is 0.112. The van der Waals surface area contributed by atoms with Gasteiger partial charge in [0.15, 0.2) is 0 Å². The van der Waals surface area contributed by atoms with Gasteiger partial charge in [0.2, 0.25) is 0 Å². The lowest BCUT2D eigenvalue weighted by Crippen LogP contribution is -2.40. The third kappa shape index (κ3) is 1.83. The smallest absolute Gasteiger partial charge is 0.407 e. The van der Waals surface area contributed by atoms with Crippen LogP contribution in [0.3, 0.4) is 0 Å². The van der Waals surface area contributed by atoms with E-state index in [0.29, 0.717) is 0 Å². The SMILES string of the molecule is CC(C)C(O)C1COC(=O)N1. The van der Waals surface area contributed by atoms with E-state index >= 15 is 0 Å². The van der Waals surface area contributed by atoms with Gasteiger partial charge < -0.3 is 15.2 Å². The number of aliphatic hydroxyl groups is 1. The van der Waals surface area contributed by atoms with Crippen molar-refractivity contribution >= 4 is 6.09 Å². The third-order valence-electron chi connectivity index (χ3n) is 1.79. The van der Waals surface area contributed by atoms with Crippen molar-refractivity contribution in [3.63, 3.8) is 0 Å². The summed E-state index contributed by atoms with van der Waals surface area (Å²) in [4.78, 5) is 10.5. The van der Waals surface area contributed by atoms with E-state index in [1.807, 2.05) is 13.8 Å². The van der Waals surface area contributed by atoms with Crippen molar-refractivity contribution in [1.29, 1.82) is 0 Å². The van der Waals surface area contributed by atoms with Crippen molar-refractivity contribution in [2.45, 2.75) is 26.0 Å². The first-order valence-corrected chi connectivity index (χ1v) is 3.72. The van der Waals surface area contributed by atoms with E-state index < -0.39 is 12.2 Å². The van der Waals surface area contributed by atoms with Crippen LogP contribution >= 0.6 is 0 Å². The van der Waals surface area contributed by atoms with Crippen LogP contribution in [0.1, 0.15) is 13.8 Å². The normalized spacial score (nSPS) is 26.5. The first kappa shape index (κ1) is 8.33. The molecule has 2 N–H and O–H groups in total. The zero-order valence-corrected chi connectivity index (χ0v) is 6.70. The molecule has 4 nitrogen and oxygen atoms in total. The van der Waals surface area contributed by atoms with Crippen molar-refractivity contribution in [2.24, 2.45) is 5.92 Å². The first-order valence-electron chi connectivity index (χ1n) is 3.72. The summed E-state index contributed by atoms with van der Waals surface area (Å²) >= 11 is 0. The van der Waals surface area contributed by atoms with Gasteiger partial charge >= 0.3 is 6.09 Å². The fourth-order valence-electron chi connectivity index (χ4n) is 1.05. The fraction of sp³-hybridized carbons (Fsp3) is 0.857. The van der Waals surface area contributed by atoms with E-state index in [0.717, 1.165) is 0 Å². The summed E-state index contributed by atoms with van der Waals surface area (Å²) in [6.45, 7) is 4.07. The van der Waals surface area contributed by atoms with Gasteiger partial charge in [-0.25, -0.2) is 4.79 Å². The average molecular weight is 159 g/mol. The number of alkyl carbamates (subject to hydrolysis) is 1. The molecule has 0 aliphatic carbocycles. The van der Waals surface area contributed by atoms with Crippen molar-refractivity contribution in [3.8, 4) is 0 Å². The molecule has 0 spiro atoms. The summed E-state index contributed by atoms with van der Waals surface area (Å²) < 4.78 is 4.63. The Labute approximate surface area is 65.5 Å². The second-order valence-corrected chi connectivity index (χ2v) is 3.08. The van der Waals surface area contributed by atoms with Gasteiger partial charge in [-0.15, -0.1) is 0 Å². The second-order valence-electron chi connectivity index (χ2n) is 3.08. The highest BCUT2D eigenvalue weighted by molar-refractivity contribution is 5.69. The van der Waals surface area contributed by atoms with Crippen LogP contribution in [-0.2, 0) is 4.74 Å². The lowest BCUT2D eigenvalue weighted by atomic mass is 10.0. The highest BCUT2D eigenvalue weighted by Gasteiger charge is 2.30. The molecule has 0 aromatic heterocycles. The molecule has 64 valence electrons. The monoisotopic (exact) mass is 159 g/mol. The maximum absolute atomic E-state index is 10.5. The molecule has 1 aliphatic heterocycles. The zero-order valence-electron chi connectivity index (χ0n) is 6.70. The van der Waals surface area contributed by atoms with Crippen LogP contribution < -0.4 is 5.32 Å². The van der Waals surface area contributed by atoms with E-state index in [1.54, 1.807) is 0 Å². The van der Waals surface area contributed by atoms with Crippen molar-refractivity contribution < 1.29 is 14.6 Å². The number of ether oxygens (including phenoxy) is 1. The summed E-state index contributed by atoms with van der Waals surface area (Å²) in [5.41, 5.74) is 0. The summed E-state index contributed by atoms with van der Waals surface area (Å²) in [5.74, 6) is 0.141. The molecule has 11 heavy (non-hydrogen) atoms. The van der Waals surface area contributed by atoms with Crippen LogP contribution in [0.5, 0.6) is 0 Å². The number of cyclic esters (lactones) is 1. The molecule has 2 atom stereocenters. The van der Waals surface area contributed by atoms with Gasteiger partial charge in [0.25, 0.3) is 0 Å². The fourth-order valence-corrected chi connectivity index (χ4v) is 1.05. The van der Waals surface area contributed by atoms with Gasteiger partial charge in [-0.05, 0) is 5.92 Å². The van der Waals surface area contributed by atoms with Crippen LogP contribution in [0.15, 0.2) is 0 Å². The van der Waals surface area contributed by atoms with Gasteiger partial charge in [-0.3, -0.25) is 0 Å². The predicted molar refractivity (Wildman–Crippen MR) is 39.1 cm³/mol. The maximum Gasteiger partial charge on any atom is 0.407 e. The Morgan fingerprint density at radius 1 is 1.73 bits per heavy atom. The number of hydrogen-bond acceptors (Lipinski definition) is 3. The Balaban J connectivity index is 2.43. The topological polar surface area (TPSA) is 58.6 Å². The largest absolute Gasteiger partial charge is 0.447 e. The molecular formula is C7H13NO3. The minimum absolute atomic E-state index is 0.141. The number of rotatable bonds is 2. The molecule has 0 bridgehead atoms. The molecule has 2 unspecified atom stereocenters. The van der Waals surface area contributed by atoms with E-state index in [9.17, 15) is 9.90 Å². The molecule has 1 amide bonds. The molecular weight excluding hydrogens is 146 g/mol. The van der Waals surface area contributed by atoms with Crippen molar-refractivity contribution in [2.75, 3.05) is 6.61 Å². The minimum atomic E-state index is -0.513. The first-order chi connectivity index (χ1) is 5.11. The number of amides is 1. The van der Waals surface area contributed by atoms with E-state index in [-0.39, 0.29) is 18.6 Å². The number of aliphatic hydroxyl groups excluding tert-OH is 1. The molecule has 4 heteroatoms. The number of nitrogens with one attached hydrogen (secondary N) is 1. The van der Waals surface area contributed by atoms with Crippen LogP contribution in [0.4, 0.5) is 4.79 Å². The van der Waals surface area contributed by atoms with Crippen molar-refractivity contribution in [3.05, 3.63) is 0 Å². The van der Waals surface area contributed by atoms with Crippen molar-refractivity contribution in [1.82, 2.24) is 5.32 Å². The molecule has 0 aromatic carbocycles. The van der Waals surface area contributed by atoms with Crippen LogP contribution in [0, 0.1) is 5.92 Å². The van der Waals surface area contributed by atoms with Gasteiger partial charge in [0.1, 0.15) is 6.61 Å². The van der Waals surface area contributed by atoms with Gasteiger partial charge in [-0.1, -0.05) is 13.8 Å². The van der Waals surface area contributed by atoms with E-state index in [1.165, 1.54) is 0 Å². The Bertz CT molecular complexity index is 158. The molecule has 0 radical (unpaired) electrons. The van der Waals surface area contributed by atoms with Crippen LogP contribution in [-0.4, -0.2) is 30.0 Å². The second kappa shape index (κ2) is 3.09. The average Bonchev–Trinajstić information content (AvgIpc) is 2.34. The highest BCUT2D eigenvalue weighted by Crippen LogP contribution is 2.10. The van der Waals surface area contributed by atoms with E-state index in [4.69, 9.17) is 0 Å². The summed E-state index contributed by atoms with van der Waals surface area (Å²) in [5, 5.41) is 12.0. The Hall–Kier alpha value is -0.770. The number of hydrogen-bond donors (Lipinski definition) is 2. The molecule has 1 aliphatic rings. The quantitative estimate of drug-likeness (QED) is 0.601. The molecule has 0 saturated carbocycles. The lowest BCUT2D eigenvalue weighted by molar-refractivity contribution is 0.0841.